The fourth-order valence-corrected chi connectivity index (χ4v) is 5.69. The van der Waals surface area contributed by atoms with E-state index in [2.05, 4.69) is 5.10 Å². The summed E-state index contributed by atoms with van der Waals surface area (Å²) in [7, 11) is 0. The predicted molar refractivity (Wildman–Crippen MR) is 162 cm³/mol. The number of hydrogen-bond donors (Lipinski definition) is 0. The molecule has 0 amide bonds. The number of carbonyl (C=O) groups is 1. The number of aromatic nitrogens is 2. The van der Waals surface area contributed by atoms with Gasteiger partial charge >= 0.3 is 12.1 Å². The third-order valence-electron chi connectivity index (χ3n) is 7.90. The van der Waals surface area contributed by atoms with E-state index in [1.807, 2.05) is 60.7 Å². The van der Waals surface area contributed by atoms with Crippen LogP contribution in [0.2, 0.25) is 0 Å². The maximum atomic E-state index is 13.8. The minimum atomic E-state index is -4.50. The van der Waals surface area contributed by atoms with Crippen LogP contribution in [0.3, 0.4) is 0 Å². The number of alkyl halides is 3. The standard InChI is InChI=1S/C35H33F3N2O4/c1-2-43-33(42)30-31(41)32(44-23-26-14-7-4-8-15-26)29(19-18-25-12-5-3-6-13-25)40(39-30)24-34(20-9-10-21-34)27-16-11-17-28(22-27)35(36,37)38/h3-8,11-19,22H,2,9-10,20-21,23-24H2,1H3. The number of carbonyl (C=O) groups excluding carboxylic acids is 1. The molecule has 1 fully saturated rings. The van der Waals surface area contributed by atoms with Crippen LogP contribution in [0.15, 0.2) is 89.7 Å². The minimum absolute atomic E-state index is 0.0317. The van der Waals surface area contributed by atoms with E-state index >= 15 is 0 Å². The summed E-state index contributed by atoms with van der Waals surface area (Å²) in [5, 5.41) is 4.50. The van der Waals surface area contributed by atoms with E-state index < -0.39 is 34.2 Å². The average molecular weight is 603 g/mol. The summed E-state index contributed by atoms with van der Waals surface area (Å²) >= 11 is 0. The number of halogens is 3. The highest BCUT2D eigenvalue weighted by molar-refractivity contribution is 5.88. The van der Waals surface area contributed by atoms with Crippen molar-refractivity contribution in [3.8, 4) is 5.75 Å². The van der Waals surface area contributed by atoms with E-state index in [0.29, 0.717) is 24.1 Å². The highest BCUT2D eigenvalue weighted by Crippen LogP contribution is 2.44. The molecule has 1 aliphatic rings. The Morgan fingerprint density at radius 2 is 1.64 bits per heavy atom. The van der Waals surface area contributed by atoms with Crippen LogP contribution in [0.25, 0.3) is 12.2 Å². The van der Waals surface area contributed by atoms with Gasteiger partial charge in [-0.15, -0.1) is 0 Å². The lowest BCUT2D eigenvalue weighted by Crippen LogP contribution is -2.34. The van der Waals surface area contributed by atoms with Crippen molar-refractivity contribution >= 4 is 18.1 Å². The van der Waals surface area contributed by atoms with E-state index in [-0.39, 0.29) is 25.5 Å². The molecule has 6 nitrogen and oxygen atoms in total. The minimum Gasteiger partial charge on any atom is -0.483 e. The van der Waals surface area contributed by atoms with Crippen LogP contribution in [-0.4, -0.2) is 22.4 Å². The van der Waals surface area contributed by atoms with E-state index in [1.165, 1.54) is 16.8 Å². The number of ether oxygens (including phenoxy) is 2. The maximum Gasteiger partial charge on any atom is 0.416 e. The van der Waals surface area contributed by atoms with Crippen LogP contribution < -0.4 is 10.2 Å². The van der Waals surface area contributed by atoms with Gasteiger partial charge in [0.1, 0.15) is 12.3 Å². The molecule has 0 N–H and O–H groups in total. The lowest BCUT2D eigenvalue weighted by atomic mass is 9.78. The Morgan fingerprint density at radius 1 is 0.955 bits per heavy atom. The average Bonchev–Trinajstić information content (AvgIpc) is 3.51. The van der Waals surface area contributed by atoms with Crippen LogP contribution in [0.4, 0.5) is 13.2 Å². The van der Waals surface area contributed by atoms with E-state index in [9.17, 15) is 22.8 Å². The first-order valence-electron chi connectivity index (χ1n) is 14.6. The second kappa shape index (κ2) is 13.3. The molecule has 0 bridgehead atoms. The van der Waals surface area contributed by atoms with Crippen molar-refractivity contribution in [3.63, 3.8) is 0 Å². The Morgan fingerprint density at radius 3 is 2.30 bits per heavy atom. The fraction of sp³-hybridized carbons (Fsp3) is 0.286. The number of nitrogens with zero attached hydrogens (tertiary/aromatic N) is 2. The van der Waals surface area contributed by atoms with E-state index in [4.69, 9.17) is 9.47 Å². The summed E-state index contributed by atoms with van der Waals surface area (Å²) in [5.74, 6) is -0.981. The van der Waals surface area contributed by atoms with Gasteiger partial charge in [-0.2, -0.15) is 18.3 Å². The quantitative estimate of drug-likeness (QED) is 0.174. The molecule has 0 radical (unpaired) electrons. The molecule has 0 unspecified atom stereocenters. The summed E-state index contributed by atoms with van der Waals surface area (Å²) in [4.78, 5) is 26.8. The van der Waals surface area contributed by atoms with Gasteiger partial charge in [0, 0.05) is 5.41 Å². The summed E-state index contributed by atoms with van der Waals surface area (Å²) < 4.78 is 54.1. The van der Waals surface area contributed by atoms with Crippen molar-refractivity contribution < 1.29 is 27.4 Å². The smallest absolute Gasteiger partial charge is 0.416 e. The lowest BCUT2D eigenvalue weighted by Gasteiger charge is -2.32. The zero-order chi connectivity index (χ0) is 31.2. The zero-order valence-corrected chi connectivity index (χ0v) is 24.3. The Balaban J connectivity index is 1.68. The summed E-state index contributed by atoms with van der Waals surface area (Å²) in [6.45, 7) is 1.83. The van der Waals surface area contributed by atoms with Crippen molar-refractivity contribution in [2.75, 3.05) is 6.61 Å². The summed E-state index contributed by atoms with van der Waals surface area (Å²) in [6, 6.07) is 24.1. The second-order valence-electron chi connectivity index (χ2n) is 10.9. The first-order valence-corrected chi connectivity index (χ1v) is 14.6. The summed E-state index contributed by atoms with van der Waals surface area (Å²) in [6.07, 6.45) is 1.86. The topological polar surface area (TPSA) is 70.4 Å². The Bertz CT molecular complexity index is 1680. The molecule has 1 heterocycles. The van der Waals surface area contributed by atoms with Crippen LogP contribution >= 0.6 is 0 Å². The molecule has 1 aliphatic carbocycles. The van der Waals surface area contributed by atoms with Gasteiger partial charge in [0.05, 0.1) is 18.7 Å². The van der Waals surface area contributed by atoms with Crippen molar-refractivity contribution in [1.82, 2.24) is 9.78 Å². The van der Waals surface area contributed by atoms with Gasteiger partial charge in [-0.05, 0) is 48.6 Å². The SMILES string of the molecule is CCOC(=O)c1nn(CC2(c3cccc(C(F)(F)F)c3)CCCC2)c(C=Cc2ccccc2)c(OCc2ccccc2)c1=O. The van der Waals surface area contributed by atoms with Crippen LogP contribution in [0, 0.1) is 0 Å². The van der Waals surface area contributed by atoms with Crippen LogP contribution in [0.5, 0.6) is 5.75 Å². The molecule has 228 valence electrons. The van der Waals surface area contributed by atoms with E-state index in [0.717, 1.165) is 30.0 Å². The Kier molecular flexibility index (Phi) is 9.32. The molecule has 0 aliphatic heterocycles. The van der Waals surface area contributed by atoms with Crippen LogP contribution in [0.1, 0.15) is 71.0 Å². The van der Waals surface area contributed by atoms with Gasteiger partial charge in [0.2, 0.25) is 5.69 Å². The molecular weight excluding hydrogens is 569 g/mol. The molecule has 1 saturated carbocycles. The maximum absolute atomic E-state index is 13.8. The molecule has 4 aromatic rings. The molecule has 9 heteroatoms. The number of rotatable bonds is 10. The highest BCUT2D eigenvalue weighted by Gasteiger charge is 2.39. The number of hydrogen-bond acceptors (Lipinski definition) is 5. The van der Waals surface area contributed by atoms with Gasteiger partial charge in [0.25, 0.3) is 5.43 Å². The van der Waals surface area contributed by atoms with Crippen LogP contribution in [-0.2, 0) is 29.5 Å². The van der Waals surface area contributed by atoms with Crippen molar-refractivity contribution in [3.05, 3.63) is 129 Å². The van der Waals surface area contributed by atoms with Crippen molar-refractivity contribution in [2.45, 2.75) is 57.3 Å². The van der Waals surface area contributed by atoms with Crippen molar-refractivity contribution in [1.29, 1.82) is 0 Å². The van der Waals surface area contributed by atoms with Gasteiger partial charge in [-0.1, -0.05) is 97.8 Å². The van der Waals surface area contributed by atoms with Gasteiger partial charge < -0.3 is 9.47 Å². The lowest BCUT2D eigenvalue weighted by molar-refractivity contribution is -0.137. The third kappa shape index (κ3) is 6.93. The highest BCUT2D eigenvalue weighted by atomic mass is 19.4. The molecular formula is C35H33F3N2O4. The molecule has 0 saturated heterocycles. The number of esters is 1. The number of benzene rings is 3. The predicted octanol–water partition coefficient (Wildman–Crippen LogP) is 7.70. The third-order valence-corrected chi connectivity index (χ3v) is 7.90. The molecule has 44 heavy (non-hydrogen) atoms. The summed E-state index contributed by atoms with van der Waals surface area (Å²) in [5.41, 5.74) is -0.106. The van der Waals surface area contributed by atoms with E-state index in [1.54, 1.807) is 25.1 Å². The second-order valence-corrected chi connectivity index (χ2v) is 10.9. The molecule has 1 aromatic heterocycles. The molecule has 3 aromatic carbocycles. The first-order chi connectivity index (χ1) is 21.2. The molecule has 5 rings (SSSR count). The Labute approximate surface area is 253 Å². The van der Waals surface area contributed by atoms with Gasteiger partial charge in [-0.3, -0.25) is 9.48 Å². The molecule has 0 spiro atoms. The zero-order valence-electron chi connectivity index (χ0n) is 24.3. The van der Waals surface area contributed by atoms with Gasteiger partial charge in [0.15, 0.2) is 5.75 Å². The molecule has 0 atom stereocenters. The monoisotopic (exact) mass is 602 g/mol. The van der Waals surface area contributed by atoms with Crippen molar-refractivity contribution in [2.24, 2.45) is 0 Å². The largest absolute Gasteiger partial charge is 0.483 e. The fourth-order valence-electron chi connectivity index (χ4n) is 5.69. The first kappa shape index (κ1) is 30.8. The Hall–Kier alpha value is -4.66. The van der Waals surface area contributed by atoms with Gasteiger partial charge in [-0.25, -0.2) is 4.79 Å². The normalized spacial score (nSPS) is 14.5.